The van der Waals surface area contributed by atoms with E-state index in [-0.39, 0.29) is 5.75 Å². The summed E-state index contributed by atoms with van der Waals surface area (Å²) in [4.78, 5) is 6.45. The second-order valence-electron chi connectivity index (χ2n) is 6.12. The number of rotatable bonds is 9. The molecule has 1 aromatic carbocycles. The normalized spacial score (nSPS) is 12.1. The van der Waals surface area contributed by atoms with E-state index in [0.717, 1.165) is 19.6 Å². The van der Waals surface area contributed by atoms with Crippen molar-refractivity contribution in [2.24, 2.45) is 0 Å². The molecule has 5 nitrogen and oxygen atoms in total. The summed E-state index contributed by atoms with van der Waals surface area (Å²) in [7, 11) is 0. The first kappa shape index (κ1) is 22.7. The minimum atomic E-state index is -0.485. The van der Waals surface area contributed by atoms with Crippen LogP contribution in [0.25, 0.3) is 11.3 Å². The Morgan fingerprint density at radius 1 is 1.25 bits per heavy atom. The summed E-state index contributed by atoms with van der Waals surface area (Å²) < 4.78 is 11.4. The van der Waals surface area contributed by atoms with Crippen molar-refractivity contribution in [2.45, 2.75) is 26.9 Å². The van der Waals surface area contributed by atoms with Crippen LogP contribution in [-0.4, -0.2) is 52.4 Å². The lowest BCUT2D eigenvalue weighted by molar-refractivity contribution is 0.186. The van der Waals surface area contributed by atoms with Gasteiger partial charge < -0.3 is 19.5 Å². The number of halogens is 2. The number of phenolic OH excluding ortho intramolecular Hbond substituents is 1. The molecule has 2 rings (SSSR count). The number of likely N-dealkylation sites (N-methyl/N-ethyl adjacent to an activating group) is 1. The van der Waals surface area contributed by atoms with Gasteiger partial charge in [0.1, 0.15) is 6.61 Å². The fourth-order valence-corrected chi connectivity index (χ4v) is 3.18. The van der Waals surface area contributed by atoms with Gasteiger partial charge in [-0.15, -0.1) is 0 Å². The van der Waals surface area contributed by atoms with E-state index < -0.39 is 6.10 Å². The average Bonchev–Trinajstić information content (AvgIpc) is 2.66. The lowest BCUT2D eigenvalue weighted by Gasteiger charge is -2.20. The number of nitrogens with zero attached hydrogens (tertiary/aromatic N) is 2. The highest BCUT2D eigenvalue weighted by Gasteiger charge is 2.16. The van der Waals surface area contributed by atoms with Gasteiger partial charge in [0.05, 0.1) is 15.7 Å². The molecule has 0 radical (unpaired) electrons. The summed E-state index contributed by atoms with van der Waals surface area (Å²) in [6, 6.07) is 6.54. The van der Waals surface area contributed by atoms with Crippen LogP contribution in [0, 0.1) is 0 Å². The van der Waals surface area contributed by atoms with Crippen LogP contribution in [0.4, 0.5) is 0 Å². The lowest BCUT2D eigenvalue weighted by Crippen LogP contribution is -2.30. The van der Waals surface area contributed by atoms with E-state index in [1.54, 1.807) is 25.1 Å². The largest absolute Gasteiger partial charge is 0.504 e. The van der Waals surface area contributed by atoms with Crippen LogP contribution in [0.1, 0.15) is 20.8 Å². The van der Waals surface area contributed by atoms with Crippen molar-refractivity contribution in [1.29, 1.82) is 0 Å². The summed E-state index contributed by atoms with van der Waals surface area (Å²) in [6.07, 6.45) is 1.01. The Bertz CT molecular complexity index is 816. The zero-order chi connectivity index (χ0) is 20.7. The monoisotopic (exact) mass is 442 g/mol. The SMILES string of the molecule is CCN(CC)CCOC(=S)C(C)Oc1ccc(-c2ncc(Cl)cc2Cl)cc1O. The molecule has 2 aromatic rings. The van der Waals surface area contributed by atoms with E-state index in [1.807, 2.05) is 0 Å². The number of phenols is 1. The smallest absolute Gasteiger partial charge is 0.200 e. The zero-order valence-corrected chi connectivity index (χ0v) is 18.4. The van der Waals surface area contributed by atoms with E-state index in [9.17, 15) is 5.11 Å². The van der Waals surface area contributed by atoms with Crippen LogP contribution < -0.4 is 4.74 Å². The third-order valence-corrected chi connectivity index (χ3v) is 5.17. The predicted octanol–water partition coefficient (Wildman–Crippen LogP) is 5.21. The van der Waals surface area contributed by atoms with Crippen LogP contribution in [-0.2, 0) is 4.74 Å². The van der Waals surface area contributed by atoms with Gasteiger partial charge in [0.25, 0.3) is 0 Å². The second-order valence-corrected chi connectivity index (χ2v) is 7.37. The maximum atomic E-state index is 10.3. The molecule has 0 fully saturated rings. The first-order valence-electron chi connectivity index (χ1n) is 9.05. The Morgan fingerprint density at radius 3 is 2.57 bits per heavy atom. The van der Waals surface area contributed by atoms with Gasteiger partial charge in [0.15, 0.2) is 17.6 Å². The number of pyridine rings is 1. The number of hydrogen-bond donors (Lipinski definition) is 1. The Labute approximate surface area is 181 Å². The number of ether oxygens (including phenoxy) is 2. The van der Waals surface area contributed by atoms with E-state index in [1.165, 1.54) is 12.3 Å². The predicted molar refractivity (Wildman–Crippen MR) is 118 cm³/mol. The molecule has 0 aliphatic carbocycles. The van der Waals surface area contributed by atoms with Gasteiger partial charge in [-0.25, -0.2) is 0 Å². The van der Waals surface area contributed by atoms with Gasteiger partial charge in [-0.05, 0) is 56.5 Å². The van der Waals surface area contributed by atoms with Crippen LogP contribution in [0.5, 0.6) is 11.5 Å². The first-order chi connectivity index (χ1) is 13.3. The number of aromatic nitrogens is 1. The van der Waals surface area contributed by atoms with E-state index >= 15 is 0 Å². The number of thiocarbonyl (C=S) groups is 1. The zero-order valence-electron chi connectivity index (χ0n) is 16.1. The molecule has 1 N–H and O–H groups in total. The van der Waals surface area contributed by atoms with Crippen LogP contribution in [0.3, 0.4) is 0 Å². The Hall–Kier alpha value is -1.60. The summed E-state index contributed by atoms with van der Waals surface area (Å²) in [5.74, 6) is 0.263. The lowest BCUT2D eigenvalue weighted by atomic mass is 10.1. The number of aromatic hydroxyl groups is 1. The first-order valence-corrected chi connectivity index (χ1v) is 10.2. The van der Waals surface area contributed by atoms with Crippen molar-refractivity contribution < 1.29 is 14.6 Å². The molecule has 1 heterocycles. The van der Waals surface area contributed by atoms with Gasteiger partial charge >= 0.3 is 0 Å². The molecule has 28 heavy (non-hydrogen) atoms. The average molecular weight is 443 g/mol. The van der Waals surface area contributed by atoms with Gasteiger partial charge in [0.2, 0.25) is 5.05 Å². The highest BCUT2D eigenvalue weighted by atomic mass is 35.5. The standard InChI is InChI=1S/C20H24Cl2N2O3S/c1-4-24(5-2)8-9-26-20(28)13(3)27-18-7-6-14(10-17(18)25)19-16(22)11-15(21)12-23-19/h6-7,10-13,25H,4-5,8-9H2,1-3H3. The third kappa shape index (κ3) is 6.21. The Morgan fingerprint density at radius 2 is 1.96 bits per heavy atom. The minimum absolute atomic E-state index is 0.0388. The van der Waals surface area contributed by atoms with Gasteiger partial charge in [0, 0.05) is 18.3 Å². The molecule has 0 amide bonds. The molecule has 0 bridgehead atoms. The summed E-state index contributed by atoms with van der Waals surface area (Å²) in [5.41, 5.74) is 1.17. The molecule has 0 spiro atoms. The molecular formula is C20H24Cl2N2O3S. The molecule has 0 saturated carbocycles. The van der Waals surface area contributed by atoms with Crippen molar-refractivity contribution in [1.82, 2.24) is 9.88 Å². The summed E-state index contributed by atoms with van der Waals surface area (Å²) >= 11 is 17.3. The van der Waals surface area contributed by atoms with E-state index in [0.29, 0.717) is 38.7 Å². The molecular weight excluding hydrogens is 419 g/mol. The molecule has 1 unspecified atom stereocenters. The minimum Gasteiger partial charge on any atom is -0.504 e. The molecule has 0 aliphatic rings. The van der Waals surface area contributed by atoms with Crippen molar-refractivity contribution in [3.8, 4) is 22.8 Å². The highest BCUT2D eigenvalue weighted by Crippen LogP contribution is 2.34. The number of benzene rings is 1. The van der Waals surface area contributed by atoms with Crippen LogP contribution in [0.15, 0.2) is 30.5 Å². The molecule has 1 atom stereocenters. The Kier molecular flexibility index (Phi) is 8.76. The Balaban J connectivity index is 1.99. The topological polar surface area (TPSA) is 54.8 Å². The maximum Gasteiger partial charge on any atom is 0.200 e. The van der Waals surface area contributed by atoms with Crippen molar-refractivity contribution in [2.75, 3.05) is 26.2 Å². The quantitative estimate of drug-likeness (QED) is 0.537. The highest BCUT2D eigenvalue weighted by molar-refractivity contribution is 7.80. The summed E-state index contributed by atoms with van der Waals surface area (Å²) in [6.45, 7) is 9.22. The molecule has 0 aliphatic heterocycles. The molecule has 0 saturated heterocycles. The van der Waals surface area contributed by atoms with E-state index in [4.69, 9.17) is 44.9 Å². The number of hydrogen-bond acceptors (Lipinski definition) is 6. The molecule has 1 aromatic heterocycles. The fourth-order valence-electron chi connectivity index (χ4n) is 2.56. The fraction of sp³-hybridized carbons (Fsp3) is 0.400. The van der Waals surface area contributed by atoms with Crippen molar-refractivity contribution in [3.05, 3.63) is 40.5 Å². The third-order valence-electron chi connectivity index (χ3n) is 4.22. The molecule has 152 valence electrons. The van der Waals surface area contributed by atoms with Crippen molar-refractivity contribution >= 4 is 40.5 Å². The van der Waals surface area contributed by atoms with E-state index in [2.05, 4.69) is 23.7 Å². The second kappa shape index (κ2) is 10.8. The summed E-state index contributed by atoms with van der Waals surface area (Å²) in [5, 5.41) is 11.5. The molecule has 8 heteroatoms. The van der Waals surface area contributed by atoms with Crippen LogP contribution >= 0.6 is 35.4 Å². The maximum absolute atomic E-state index is 10.3. The van der Waals surface area contributed by atoms with Gasteiger partial charge in [-0.3, -0.25) is 4.98 Å². The van der Waals surface area contributed by atoms with Crippen LogP contribution in [0.2, 0.25) is 10.0 Å². The van der Waals surface area contributed by atoms with Crippen molar-refractivity contribution in [3.63, 3.8) is 0 Å². The van der Waals surface area contributed by atoms with Gasteiger partial charge in [-0.2, -0.15) is 0 Å². The van der Waals surface area contributed by atoms with Gasteiger partial charge in [-0.1, -0.05) is 37.0 Å².